The first kappa shape index (κ1) is 8.82. The van der Waals surface area contributed by atoms with Crippen molar-refractivity contribution in [2.45, 2.75) is 38.5 Å². The molecule has 0 radical (unpaired) electrons. The first-order chi connectivity index (χ1) is 6.35. The van der Waals surface area contributed by atoms with Gasteiger partial charge in [0.1, 0.15) is 11.5 Å². The monoisotopic (exact) mass is 179 g/mol. The lowest BCUT2D eigenvalue weighted by Gasteiger charge is -2.05. The maximum atomic E-state index is 5.78. The summed E-state index contributed by atoms with van der Waals surface area (Å²) in [6, 6.07) is 2.21. The van der Waals surface area contributed by atoms with Crippen LogP contribution in [-0.2, 0) is 12.8 Å². The van der Waals surface area contributed by atoms with Crippen LogP contribution < -0.4 is 5.73 Å². The van der Waals surface area contributed by atoms with Gasteiger partial charge in [-0.25, -0.2) is 0 Å². The standard InChI is InChI=1S/C11H17NO/c1-2-10-7-9-4-3-8(5-6-12)11(9)13-10/h7-8H,2-6,12H2,1H3. The number of hydrogen-bond acceptors (Lipinski definition) is 2. The smallest absolute Gasteiger partial charge is 0.110 e. The molecule has 0 amide bonds. The SMILES string of the molecule is CCc1cc2c(o1)C(CCN)CC2. The highest BCUT2D eigenvalue weighted by Gasteiger charge is 2.26. The Morgan fingerprint density at radius 2 is 2.46 bits per heavy atom. The van der Waals surface area contributed by atoms with Crippen LogP contribution in [0.1, 0.15) is 42.8 Å². The second-order valence-corrected chi connectivity index (χ2v) is 3.77. The lowest BCUT2D eigenvalue weighted by molar-refractivity contribution is 0.428. The summed E-state index contributed by atoms with van der Waals surface area (Å²) >= 11 is 0. The Labute approximate surface area is 79.1 Å². The quantitative estimate of drug-likeness (QED) is 0.772. The summed E-state index contributed by atoms with van der Waals surface area (Å²) in [5.41, 5.74) is 6.99. The van der Waals surface area contributed by atoms with Crippen molar-refractivity contribution in [1.82, 2.24) is 0 Å². The third kappa shape index (κ3) is 1.51. The molecule has 1 aromatic heterocycles. The summed E-state index contributed by atoms with van der Waals surface area (Å²) < 4.78 is 5.78. The van der Waals surface area contributed by atoms with Crippen molar-refractivity contribution in [3.8, 4) is 0 Å². The maximum absolute atomic E-state index is 5.78. The fourth-order valence-electron chi connectivity index (χ4n) is 2.15. The summed E-state index contributed by atoms with van der Waals surface area (Å²) in [7, 11) is 0. The number of hydrogen-bond donors (Lipinski definition) is 1. The lowest BCUT2D eigenvalue weighted by atomic mass is 10.0. The van der Waals surface area contributed by atoms with Gasteiger partial charge in [0.05, 0.1) is 0 Å². The van der Waals surface area contributed by atoms with E-state index in [1.165, 1.54) is 24.2 Å². The number of furan rings is 1. The molecular weight excluding hydrogens is 162 g/mol. The van der Waals surface area contributed by atoms with Gasteiger partial charge < -0.3 is 10.2 Å². The molecule has 0 spiro atoms. The predicted molar refractivity (Wildman–Crippen MR) is 52.8 cm³/mol. The van der Waals surface area contributed by atoms with Gasteiger partial charge in [-0.05, 0) is 37.4 Å². The molecule has 0 aromatic carbocycles. The minimum Gasteiger partial charge on any atom is -0.466 e. The van der Waals surface area contributed by atoms with Gasteiger partial charge in [0.15, 0.2) is 0 Å². The van der Waals surface area contributed by atoms with E-state index in [4.69, 9.17) is 10.2 Å². The summed E-state index contributed by atoms with van der Waals surface area (Å²) in [6.07, 6.45) is 4.49. The van der Waals surface area contributed by atoms with Crippen LogP contribution >= 0.6 is 0 Å². The van der Waals surface area contributed by atoms with Crippen molar-refractivity contribution in [3.05, 3.63) is 23.2 Å². The second-order valence-electron chi connectivity index (χ2n) is 3.77. The molecule has 72 valence electrons. The molecule has 1 aliphatic carbocycles. The molecule has 2 rings (SSSR count). The van der Waals surface area contributed by atoms with Crippen LogP contribution in [0.2, 0.25) is 0 Å². The van der Waals surface area contributed by atoms with Crippen LogP contribution in [0.5, 0.6) is 0 Å². The fraction of sp³-hybridized carbons (Fsp3) is 0.636. The summed E-state index contributed by atoms with van der Waals surface area (Å²) in [5, 5.41) is 0. The Hall–Kier alpha value is -0.760. The number of rotatable bonds is 3. The number of aryl methyl sites for hydroxylation is 2. The number of fused-ring (bicyclic) bond motifs is 1. The van der Waals surface area contributed by atoms with E-state index in [1.54, 1.807) is 0 Å². The first-order valence-electron chi connectivity index (χ1n) is 5.16. The van der Waals surface area contributed by atoms with E-state index in [2.05, 4.69) is 13.0 Å². The molecule has 2 N–H and O–H groups in total. The van der Waals surface area contributed by atoms with Crippen LogP contribution in [0.4, 0.5) is 0 Å². The van der Waals surface area contributed by atoms with Gasteiger partial charge in [0.2, 0.25) is 0 Å². The second kappa shape index (κ2) is 3.54. The molecule has 2 nitrogen and oxygen atoms in total. The van der Waals surface area contributed by atoms with Crippen molar-refractivity contribution in [3.63, 3.8) is 0 Å². The fourth-order valence-corrected chi connectivity index (χ4v) is 2.15. The molecule has 1 aliphatic rings. The first-order valence-corrected chi connectivity index (χ1v) is 5.16. The van der Waals surface area contributed by atoms with E-state index in [9.17, 15) is 0 Å². The van der Waals surface area contributed by atoms with Crippen LogP contribution in [0.15, 0.2) is 10.5 Å². The lowest BCUT2D eigenvalue weighted by Crippen LogP contribution is -2.04. The third-order valence-corrected chi connectivity index (χ3v) is 2.89. The van der Waals surface area contributed by atoms with Gasteiger partial charge >= 0.3 is 0 Å². The van der Waals surface area contributed by atoms with Gasteiger partial charge in [0.25, 0.3) is 0 Å². The Morgan fingerprint density at radius 3 is 3.15 bits per heavy atom. The highest BCUT2D eigenvalue weighted by atomic mass is 16.3. The molecule has 0 fully saturated rings. The molecule has 0 aliphatic heterocycles. The third-order valence-electron chi connectivity index (χ3n) is 2.89. The van der Waals surface area contributed by atoms with Crippen LogP contribution in [-0.4, -0.2) is 6.54 Å². The Bertz CT molecular complexity index is 290. The predicted octanol–water partition coefficient (Wildman–Crippen LogP) is 2.22. The van der Waals surface area contributed by atoms with Gasteiger partial charge in [-0.15, -0.1) is 0 Å². The average molecular weight is 179 g/mol. The Balaban J connectivity index is 2.20. The summed E-state index contributed by atoms with van der Waals surface area (Å²) in [6.45, 7) is 2.90. The minimum atomic E-state index is 0.597. The van der Waals surface area contributed by atoms with Crippen LogP contribution in [0, 0.1) is 0 Å². The molecule has 0 saturated heterocycles. The van der Waals surface area contributed by atoms with Crippen LogP contribution in [0.25, 0.3) is 0 Å². The zero-order chi connectivity index (χ0) is 9.26. The molecule has 0 saturated carbocycles. The molecule has 13 heavy (non-hydrogen) atoms. The maximum Gasteiger partial charge on any atom is 0.110 e. The van der Waals surface area contributed by atoms with E-state index in [0.29, 0.717) is 5.92 Å². The molecule has 1 unspecified atom stereocenters. The summed E-state index contributed by atoms with van der Waals surface area (Å²) in [4.78, 5) is 0. The highest BCUT2D eigenvalue weighted by molar-refractivity contribution is 5.29. The molecule has 0 bridgehead atoms. The highest BCUT2D eigenvalue weighted by Crippen LogP contribution is 2.37. The van der Waals surface area contributed by atoms with Crippen LogP contribution in [0.3, 0.4) is 0 Å². The zero-order valence-corrected chi connectivity index (χ0v) is 8.18. The molecular formula is C11H17NO. The van der Waals surface area contributed by atoms with Gasteiger partial charge in [-0.2, -0.15) is 0 Å². The van der Waals surface area contributed by atoms with Gasteiger partial charge in [0, 0.05) is 12.3 Å². The normalized spacial score (nSPS) is 20.6. The van der Waals surface area contributed by atoms with E-state index in [-0.39, 0.29) is 0 Å². The van der Waals surface area contributed by atoms with Gasteiger partial charge in [-0.1, -0.05) is 6.92 Å². The van der Waals surface area contributed by atoms with Crippen molar-refractivity contribution in [1.29, 1.82) is 0 Å². The number of nitrogens with two attached hydrogens (primary N) is 1. The van der Waals surface area contributed by atoms with E-state index in [1.807, 2.05) is 0 Å². The molecule has 2 heteroatoms. The van der Waals surface area contributed by atoms with Gasteiger partial charge in [-0.3, -0.25) is 0 Å². The molecule has 1 atom stereocenters. The Kier molecular flexibility index (Phi) is 2.40. The van der Waals surface area contributed by atoms with E-state index in [0.717, 1.165) is 25.1 Å². The average Bonchev–Trinajstić information content (AvgIpc) is 2.67. The van der Waals surface area contributed by atoms with E-state index >= 15 is 0 Å². The van der Waals surface area contributed by atoms with Crippen molar-refractivity contribution in [2.24, 2.45) is 5.73 Å². The summed E-state index contributed by atoms with van der Waals surface area (Å²) in [5.74, 6) is 2.95. The Morgan fingerprint density at radius 1 is 1.62 bits per heavy atom. The minimum absolute atomic E-state index is 0.597. The zero-order valence-electron chi connectivity index (χ0n) is 8.18. The largest absolute Gasteiger partial charge is 0.466 e. The molecule has 1 aromatic rings. The topological polar surface area (TPSA) is 39.2 Å². The molecule has 1 heterocycles. The van der Waals surface area contributed by atoms with Crippen molar-refractivity contribution in [2.75, 3.05) is 6.54 Å². The van der Waals surface area contributed by atoms with Crippen molar-refractivity contribution < 1.29 is 4.42 Å². The van der Waals surface area contributed by atoms with E-state index < -0.39 is 0 Å². The van der Waals surface area contributed by atoms with Crippen molar-refractivity contribution >= 4 is 0 Å².